The minimum Gasteiger partial charge on any atom is -0.349 e. The second-order valence-corrected chi connectivity index (χ2v) is 4.98. The van der Waals surface area contributed by atoms with Gasteiger partial charge in [0.2, 0.25) is 11.8 Å². The van der Waals surface area contributed by atoms with Gasteiger partial charge >= 0.3 is 0 Å². The molecule has 0 saturated carbocycles. The number of amides is 2. The van der Waals surface area contributed by atoms with Crippen LogP contribution in [-0.2, 0) is 9.59 Å². The van der Waals surface area contributed by atoms with Gasteiger partial charge in [-0.05, 0) is 25.8 Å². The summed E-state index contributed by atoms with van der Waals surface area (Å²) < 4.78 is 0. The minimum atomic E-state index is 0.157. The lowest BCUT2D eigenvalue weighted by Gasteiger charge is -2.15. The molecular weight excluding hydrogens is 230 g/mol. The van der Waals surface area contributed by atoms with Gasteiger partial charge in [-0.3, -0.25) is 9.59 Å². The standard InChI is InChI=1S/C13H25N3O2/c1-15(2)12(17)6-5-8-14-9-7-13(18)16-10-3-4-11-16/h14H,3-11H2,1-2H3. The van der Waals surface area contributed by atoms with Crippen LogP contribution in [0.4, 0.5) is 0 Å². The zero-order valence-corrected chi connectivity index (χ0v) is 11.6. The fourth-order valence-corrected chi connectivity index (χ4v) is 2.03. The molecule has 1 rings (SSSR count). The molecule has 18 heavy (non-hydrogen) atoms. The summed E-state index contributed by atoms with van der Waals surface area (Å²) in [5.74, 6) is 0.411. The van der Waals surface area contributed by atoms with E-state index in [0.29, 0.717) is 19.4 Å². The van der Waals surface area contributed by atoms with Crippen LogP contribution in [0.15, 0.2) is 0 Å². The van der Waals surface area contributed by atoms with Gasteiger partial charge in [0.15, 0.2) is 0 Å². The molecule has 1 aliphatic rings. The largest absolute Gasteiger partial charge is 0.349 e. The molecule has 5 nitrogen and oxygen atoms in total. The van der Waals surface area contributed by atoms with Crippen LogP contribution in [-0.4, -0.2) is 61.9 Å². The van der Waals surface area contributed by atoms with Crippen LogP contribution in [0, 0.1) is 0 Å². The Bertz CT molecular complexity index is 273. The van der Waals surface area contributed by atoms with E-state index in [2.05, 4.69) is 5.32 Å². The van der Waals surface area contributed by atoms with E-state index in [0.717, 1.165) is 38.9 Å². The molecule has 1 N–H and O–H groups in total. The first-order valence-electron chi connectivity index (χ1n) is 6.80. The highest BCUT2D eigenvalue weighted by molar-refractivity contribution is 5.76. The highest BCUT2D eigenvalue weighted by atomic mass is 16.2. The monoisotopic (exact) mass is 255 g/mol. The van der Waals surface area contributed by atoms with E-state index >= 15 is 0 Å². The first kappa shape index (κ1) is 15.0. The van der Waals surface area contributed by atoms with Crippen LogP contribution in [0.25, 0.3) is 0 Å². The molecule has 0 radical (unpaired) electrons. The average molecular weight is 255 g/mol. The van der Waals surface area contributed by atoms with Gasteiger partial charge in [-0.25, -0.2) is 0 Å². The van der Waals surface area contributed by atoms with Crippen molar-refractivity contribution in [3.05, 3.63) is 0 Å². The Morgan fingerprint density at radius 1 is 1.11 bits per heavy atom. The molecule has 0 spiro atoms. The van der Waals surface area contributed by atoms with Gasteiger partial charge in [0.05, 0.1) is 0 Å². The summed E-state index contributed by atoms with van der Waals surface area (Å²) in [5.41, 5.74) is 0. The number of hydrogen-bond donors (Lipinski definition) is 1. The number of hydrogen-bond acceptors (Lipinski definition) is 3. The molecule has 0 atom stereocenters. The minimum absolute atomic E-state index is 0.157. The molecule has 0 unspecified atom stereocenters. The number of nitrogens with one attached hydrogen (secondary N) is 1. The fraction of sp³-hybridized carbons (Fsp3) is 0.846. The van der Waals surface area contributed by atoms with E-state index in [1.165, 1.54) is 0 Å². The van der Waals surface area contributed by atoms with Crippen molar-refractivity contribution in [2.45, 2.75) is 32.1 Å². The van der Waals surface area contributed by atoms with E-state index < -0.39 is 0 Å². The Morgan fingerprint density at radius 2 is 1.78 bits per heavy atom. The van der Waals surface area contributed by atoms with Crippen molar-refractivity contribution in [1.29, 1.82) is 0 Å². The number of carbonyl (C=O) groups excluding carboxylic acids is 2. The third kappa shape index (κ3) is 5.49. The maximum atomic E-state index is 11.7. The van der Waals surface area contributed by atoms with E-state index in [9.17, 15) is 9.59 Å². The van der Waals surface area contributed by atoms with Crippen molar-refractivity contribution < 1.29 is 9.59 Å². The van der Waals surface area contributed by atoms with E-state index in [1.807, 2.05) is 4.90 Å². The third-order valence-electron chi connectivity index (χ3n) is 3.22. The summed E-state index contributed by atoms with van der Waals surface area (Å²) in [4.78, 5) is 26.5. The first-order valence-corrected chi connectivity index (χ1v) is 6.80. The Hall–Kier alpha value is -1.10. The smallest absolute Gasteiger partial charge is 0.223 e. The Morgan fingerprint density at radius 3 is 2.39 bits per heavy atom. The van der Waals surface area contributed by atoms with Gasteiger partial charge in [0.25, 0.3) is 0 Å². The molecule has 0 bridgehead atoms. The Labute approximate surface area is 110 Å². The van der Waals surface area contributed by atoms with E-state index in [4.69, 9.17) is 0 Å². The van der Waals surface area contributed by atoms with Gasteiger partial charge in [0.1, 0.15) is 0 Å². The molecule has 1 heterocycles. The molecule has 104 valence electrons. The van der Waals surface area contributed by atoms with Gasteiger partial charge in [-0.1, -0.05) is 0 Å². The van der Waals surface area contributed by atoms with Crippen molar-refractivity contribution in [2.75, 3.05) is 40.3 Å². The zero-order valence-electron chi connectivity index (χ0n) is 11.6. The molecule has 0 aromatic rings. The zero-order chi connectivity index (χ0) is 13.4. The van der Waals surface area contributed by atoms with Crippen LogP contribution in [0.1, 0.15) is 32.1 Å². The van der Waals surface area contributed by atoms with E-state index in [1.54, 1.807) is 19.0 Å². The topological polar surface area (TPSA) is 52.7 Å². The molecule has 2 amide bonds. The normalized spacial score (nSPS) is 14.9. The van der Waals surface area contributed by atoms with Gasteiger partial charge < -0.3 is 15.1 Å². The molecule has 1 aliphatic heterocycles. The predicted molar refractivity (Wildman–Crippen MR) is 71.2 cm³/mol. The summed E-state index contributed by atoms with van der Waals surface area (Å²) >= 11 is 0. The average Bonchev–Trinajstić information content (AvgIpc) is 2.86. The van der Waals surface area contributed by atoms with Crippen molar-refractivity contribution >= 4 is 11.8 Å². The van der Waals surface area contributed by atoms with Crippen LogP contribution >= 0.6 is 0 Å². The van der Waals surface area contributed by atoms with E-state index in [-0.39, 0.29) is 11.8 Å². The summed E-state index contributed by atoms with van der Waals surface area (Å²) in [5, 5.41) is 3.22. The van der Waals surface area contributed by atoms with Crippen molar-refractivity contribution in [3.63, 3.8) is 0 Å². The van der Waals surface area contributed by atoms with Gasteiger partial charge in [0, 0.05) is 46.6 Å². The van der Waals surface area contributed by atoms with Crippen molar-refractivity contribution in [1.82, 2.24) is 15.1 Å². The van der Waals surface area contributed by atoms with Gasteiger partial charge in [-0.15, -0.1) is 0 Å². The summed E-state index contributed by atoms with van der Waals surface area (Å²) in [6, 6.07) is 0. The molecule has 1 fully saturated rings. The lowest BCUT2D eigenvalue weighted by Crippen LogP contribution is -2.31. The first-order chi connectivity index (χ1) is 8.61. The molecule has 0 aromatic carbocycles. The Kier molecular flexibility index (Phi) is 6.72. The number of likely N-dealkylation sites (tertiary alicyclic amines) is 1. The number of nitrogens with zero attached hydrogens (tertiary/aromatic N) is 2. The molecule has 1 saturated heterocycles. The third-order valence-corrected chi connectivity index (χ3v) is 3.22. The van der Waals surface area contributed by atoms with Crippen molar-refractivity contribution in [3.8, 4) is 0 Å². The fourth-order valence-electron chi connectivity index (χ4n) is 2.03. The van der Waals surface area contributed by atoms with Crippen molar-refractivity contribution in [2.24, 2.45) is 0 Å². The van der Waals surface area contributed by atoms with Crippen LogP contribution in [0.3, 0.4) is 0 Å². The lowest BCUT2D eigenvalue weighted by molar-refractivity contribution is -0.130. The summed E-state index contributed by atoms with van der Waals surface area (Å²) in [7, 11) is 3.54. The lowest BCUT2D eigenvalue weighted by atomic mass is 10.3. The summed E-state index contributed by atoms with van der Waals surface area (Å²) in [6.07, 6.45) is 4.26. The number of rotatable bonds is 7. The highest BCUT2D eigenvalue weighted by Gasteiger charge is 2.16. The molecule has 0 aromatic heterocycles. The summed E-state index contributed by atoms with van der Waals surface area (Å²) in [6.45, 7) is 3.37. The molecular formula is C13H25N3O2. The van der Waals surface area contributed by atoms with Gasteiger partial charge in [-0.2, -0.15) is 0 Å². The SMILES string of the molecule is CN(C)C(=O)CCCNCCC(=O)N1CCCC1. The Balaban J connectivity index is 1.95. The maximum absolute atomic E-state index is 11.7. The maximum Gasteiger partial charge on any atom is 0.223 e. The number of carbonyl (C=O) groups is 2. The highest BCUT2D eigenvalue weighted by Crippen LogP contribution is 2.08. The molecule has 0 aliphatic carbocycles. The van der Waals surface area contributed by atoms with Crippen LogP contribution in [0.5, 0.6) is 0 Å². The van der Waals surface area contributed by atoms with Crippen LogP contribution < -0.4 is 5.32 Å². The quantitative estimate of drug-likeness (QED) is 0.672. The van der Waals surface area contributed by atoms with Crippen LogP contribution in [0.2, 0.25) is 0 Å². The predicted octanol–water partition coefficient (Wildman–Crippen LogP) is 0.457. The molecule has 5 heteroatoms. The second kappa shape index (κ2) is 8.08. The second-order valence-electron chi connectivity index (χ2n) is 4.98.